The average Bonchev–Trinajstić information content (AvgIpc) is 2.91. The van der Waals surface area contributed by atoms with E-state index in [4.69, 9.17) is 0 Å². The molecule has 2 nitrogen and oxygen atoms in total. The van der Waals surface area contributed by atoms with Crippen LogP contribution in [0.5, 0.6) is 0 Å². The second-order valence-corrected chi connectivity index (χ2v) is 6.96. The van der Waals surface area contributed by atoms with Crippen LogP contribution in [0, 0.1) is 0 Å². The number of nitrogens with zero attached hydrogens (tertiary/aromatic N) is 1. The fourth-order valence-corrected chi connectivity index (χ4v) is 3.63. The first kappa shape index (κ1) is 15.7. The van der Waals surface area contributed by atoms with E-state index in [0.717, 1.165) is 19.5 Å². The summed E-state index contributed by atoms with van der Waals surface area (Å²) in [5.74, 6) is 0. The summed E-state index contributed by atoms with van der Waals surface area (Å²) in [4.78, 5) is 4.09. The van der Waals surface area contributed by atoms with Crippen molar-refractivity contribution in [1.82, 2.24) is 10.2 Å². The van der Waals surface area contributed by atoms with Crippen LogP contribution in [0.1, 0.15) is 44.1 Å². The van der Waals surface area contributed by atoms with Crippen molar-refractivity contribution in [3.63, 3.8) is 0 Å². The molecule has 1 aromatic heterocycles. The number of piperidine rings is 1. The maximum atomic E-state index is 3.75. The van der Waals surface area contributed by atoms with Crippen LogP contribution in [0.4, 0.5) is 0 Å². The Kier molecular flexibility index (Phi) is 6.27. The van der Waals surface area contributed by atoms with Crippen molar-refractivity contribution >= 4 is 11.3 Å². The lowest BCUT2D eigenvalue weighted by Crippen LogP contribution is -2.42. The van der Waals surface area contributed by atoms with E-state index in [9.17, 15) is 0 Å². The van der Waals surface area contributed by atoms with Gasteiger partial charge in [-0.05, 0) is 63.2 Å². The molecular formula is C17H28N2S. The molecule has 0 aliphatic carbocycles. The normalized spacial score (nSPS) is 17.4. The zero-order valence-electron chi connectivity index (χ0n) is 13.1. The van der Waals surface area contributed by atoms with Gasteiger partial charge in [0.05, 0.1) is 0 Å². The molecule has 2 heterocycles. The molecule has 0 aromatic carbocycles. The van der Waals surface area contributed by atoms with Crippen molar-refractivity contribution in [2.75, 3.05) is 19.6 Å². The SMILES string of the molecule is CCc1ccsc1CNC1CCN(CC=C(C)C)CC1. The second kappa shape index (κ2) is 7.96. The van der Waals surface area contributed by atoms with E-state index in [2.05, 4.69) is 48.5 Å². The van der Waals surface area contributed by atoms with Gasteiger partial charge in [0.15, 0.2) is 0 Å². The molecule has 3 heteroatoms. The predicted molar refractivity (Wildman–Crippen MR) is 89.4 cm³/mol. The van der Waals surface area contributed by atoms with Crippen LogP contribution in [-0.4, -0.2) is 30.6 Å². The van der Waals surface area contributed by atoms with Crippen LogP contribution in [-0.2, 0) is 13.0 Å². The number of allylic oxidation sites excluding steroid dienone is 1. The van der Waals surface area contributed by atoms with Crippen LogP contribution in [0.3, 0.4) is 0 Å². The Morgan fingerprint density at radius 3 is 2.80 bits per heavy atom. The van der Waals surface area contributed by atoms with Crippen molar-refractivity contribution in [1.29, 1.82) is 0 Å². The molecule has 20 heavy (non-hydrogen) atoms. The number of thiophene rings is 1. The molecule has 0 atom stereocenters. The molecule has 0 amide bonds. The van der Waals surface area contributed by atoms with Crippen LogP contribution >= 0.6 is 11.3 Å². The molecule has 1 aliphatic rings. The van der Waals surface area contributed by atoms with Gasteiger partial charge < -0.3 is 5.32 Å². The highest BCUT2D eigenvalue weighted by atomic mass is 32.1. The Morgan fingerprint density at radius 1 is 1.40 bits per heavy atom. The van der Waals surface area contributed by atoms with Gasteiger partial charge in [-0.15, -0.1) is 11.3 Å². The lowest BCUT2D eigenvalue weighted by molar-refractivity contribution is 0.214. The first-order valence-electron chi connectivity index (χ1n) is 7.83. The molecule has 1 fully saturated rings. The van der Waals surface area contributed by atoms with E-state index in [0.29, 0.717) is 6.04 Å². The molecule has 1 saturated heterocycles. The molecule has 1 aliphatic heterocycles. The average molecular weight is 292 g/mol. The monoisotopic (exact) mass is 292 g/mol. The summed E-state index contributed by atoms with van der Waals surface area (Å²) in [6.45, 7) is 11.2. The van der Waals surface area contributed by atoms with Crippen LogP contribution in [0.15, 0.2) is 23.1 Å². The van der Waals surface area contributed by atoms with E-state index in [1.807, 2.05) is 11.3 Å². The minimum absolute atomic E-state index is 0.699. The van der Waals surface area contributed by atoms with E-state index >= 15 is 0 Å². The summed E-state index contributed by atoms with van der Waals surface area (Å²) in [7, 11) is 0. The second-order valence-electron chi connectivity index (χ2n) is 5.96. The molecule has 0 bridgehead atoms. The number of aryl methyl sites for hydroxylation is 1. The molecule has 112 valence electrons. The highest BCUT2D eigenvalue weighted by molar-refractivity contribution is 7.10. The zero-order valence-corrected chi connectivity index (χ0v) is 13.9. The summed E-state index contributed by atoms with van der Waals surface area (Å²) in [5.41, 5.74) is 2.94. The quantitative estimate of drug-likeness (QED) is 0.802. The van der Waals surface area contributed by atoms with Crippen LogP contribution in [0.25, 0.3) is 0 Å². The third-order valence-corrected chi connectivity index (χ3v) is 5.08. The van der Waals surface area contributed by atoms with Gasteiger partial charge in [-0.3, -0.25) is 4.90 Å². The van der Waals surface area contributed by atoms with E-state index in [1.54, 1.807) is 0 Å². The largest absolute Gasteiger partial charge is 0.309 e. The molecular weight excluding hydrogens is 264 g/mol. The van der Waals surface area contributed by atoms with Crippen LogP contribution in [0.2, 0.25) is 0 Å². The maximum Gasteiger partial charge on any atom is 0.0305 e. The Morgan fingerprint density at radius 2 is 2.15 bits per heavy atom. The summed E-state index contributed by atoms with van der Waals surface area (Å²) >= 11 is 1.89. The Balaban J connectivity index is 1.71. The summed E-state index contributed by atoms with van der Waals surface area (Å²) < 4.78 is 0. The van der Waals surface area contributed by atoms with Crippen molar-refractivity contribution in [3.8, 4) is 0 Å². The standard InChI is InChI=1S/C17H28N2S/c1-4-15-8-12-20-17(15)13-18-16-6-10-19(11-7-16)9-5-14(2)3/h5,8,12,16,18H,4,6-7,9-11,13H2,1-3H3. The zero-order chi connectivity index (χ0) is 14.4. The molecule has 0 radical (unpaired) electrons. The molecule has 0 saturated carbocycles. The third kappa shape index (κ3) is 4.72. The maximum absolute atomic E-state index is 3.75. The number of hydrogen-bond donors (Lipinski definition) is 1. The number of likely N-dealkylation sites (tertiary alicyclic amines) is 1. The number of rotatable bonds is 6. The molecule has 1 aromatic rings. The van der Waals surface area contributed by atoms with Crippen molar-refractivity contribution in [3.05, 3.63) is 33.5 Å². The molecule has 0 unspecified atom stereocenters. The topological polar surface area (TPSA) is 15.3 Å². The van der Waals surface area contributed by atoms with Gasteiger partial charge >= 0.3 is 0 Å². The number of nitrogens with one attached hydrogen (secondary N) is 1. The molecule has 0 spiro atoms. The van der Waals surface area contributed by atoms with Crippen molar-refractivity contribution in [2.45, 2.75) is 52.6 Å². The first-order valence-corrected chi connectivity index (χ1v) is 8.71. The van der Waals surface area contributed by atoms with Crippen LogP contribution < -0.4 is 5.32 Å². The minimum Gasteiger partial charge on any atom is -0.309 e. The Labute approximate surface area is 127 Å². The van der Waals surface area contributed by atoms with E-state index in [-0.39, 0.29) is 0 Å². The summed E-state index contributed by atoms with van der Waals surface area (Å²) in [6.07, 6.45) is 6.06. The van der Waals surface area contributed by atoms with Gasteiger partial charge in [0.25, 0.3) is 0 Å². The van der Waals surface area contributed by atoms with Gasteiger partial charge in [0.2, 0.25) is 0 Å². The highest BCUT2D eigenvalue weighted by Gasteiger charge is 2.18. The summed E-state index contributed by atoms with van der Waals surface area (Å²) in [6, 6.07) is 2.97. The Hall–Kier alpha value is -0.640. The van der Waals surface area contributed by atoms with Gasteiger partial charge in [-0.1, -0.05) is 18.6 Å². The first-order chi connectivity index (χ1) is 9.69. The predicted octanol–water partition coefficient (Wildman–Crippen LogP) is 3.83. The summed E-state index contributed by atoms with van der Waals surface area (Å²) in [5, 5.41) is 5.97. The number of hydrogen-bond acceptors (Lipinski definition) is 3. The Bertz CT molecular complexity index is 424. The van der Waals surface area contributed by atoms with Crippen molar-refractivity contribution < 1.29 is 0 Å². The van der Waals surface area contributed by atoms with E-state index < -0.39 is 0 Å². The van der Waals surface area contributed by atoms with Gasteiger partial charge in [-0.2, -0.15) is 0 Å². The van der Waals surface area contributed by atoms with E-state index in [1.165, 1.54) is 41.9 Å². The minimum atomic E-state index is 0.699. The third-order valence-electron chi connectivity index (χ3n) is 4.12. The smallest absolute Gasteiger partial charge is 0.0305 e. The lowest BCUT2D eigenvalue weighted by atomic mass is 10.0. The fourth-order valence-electron chi connectivity index (χ4n) is 2.71. The highest BCUT2D eigenvalue weighted by Crippen LogP contribution is 2.18. The van der Waals surface area contributed by atoms with Gasteiger partial charge in [0.1, 0.15) is 0 Å². The van der Waals surface area contributed by atoms with Gasteiger partial charge in [0, 0.05) is 24.0 Å². The van der Waals surface area contributed by atoms with Crippen molar-refractivity contribution in [2.24, 2.45) is 0 Å². The lowest BCUT2D eigenvalue weighted by Gasteiger charge is -2.31. The molecule has 1 N–H and O–H groups in total. The fraction of sp³-hybridized carbons (Fsp3) is 0.647. The van der Waals surface area contributed by atoms with Gasteiger partial charge in [-0.25, -0.2) is 0 Å². The molecule has 2 rings (SSSR count).